The van der Waals surface area contributed by atoms with Gasteiger partial charge in [0.05, 0.1) is 4.90 Å². The van der Waals surface area contributed by atoms with Crippen LogP contribution in [0.2, 0.25) is 0 Å². The summed E-state index contributed by atoms with van der Waals surface area (Å²) in [5.41, 5.74) is 1.16. The van der Waals surface area contributed by atoms with E-state index in [2.05, 4.69) is 4.72 Å². The van der Waals surface area contributed by atoms with Crippen molar-refractivity contribution in [2.24, 2.45) is 0 Å². The maximum absolute atomic E-state index is 12.3. The van der Waals surface area contributed by atoms with Crippen molar-refractivity contribution >= 4 is 27.6 Å². The van der Waals surface area contributed by atoms with E-state index in [0.717, 1.165) is 0 Å². The molecule has 2 aromatic rings. The Labute approximate surface area is 124 Å². The predicted octanol–water partition coefficient (Wildman–Crippen LogP) is 3.09. The Morgan fingerprint density at radius 1 is 1.05 bits per heavy atom. The second-order valence-corrected chi connectivity index (χ2v) is 6.17. The van der Waals surface area contributed by atoms with E-state index in [9.17, 15) is 13.2 Å². The third kappa shape index (κ3) is 4.29. The summed E-state index contributed by atoms with van der Waals surface area (Å²) >= 11 is 0. The van der Waals surface area contributed by atoms with E-state index >= 15 is 0 Å². The lowest BCUT2D eigenvalue weighted by Crippen LogP contribution is -2.12. The van der Waals surface area contributed by atoms with Gasteiger partial charge in [-0.2, -0.15) is 0 Å². The first kappa shape index (κ1) is 15.0. The molecule has 108 valence electrons. The Kier molecular flexibility index (Phi) is 4.55. The SMILES string of the molecule is CC(=O)/C=C/c1cccc(S(=O)(=O)Nc2ccccc2)c1. The number of rotatable bonds is 5. The molecule has 0 radical (unpaired) electrons. The number of carbonyl (C=O) groups excluding carboxylic acids is 1. The summed E-state index contributed by atoms with van der Waals surface area (Å²) in [4.78, 5) is 11.1. The second kappa shape index (κ2) is 6.37. The van der Waals surface area contributed by atoms with Gasteiger partial charge in [0.1, 0.15) is 0 Å². The average molecular weight is 301 g/mol. The molecule has 0 aliphatic carbocycles. The largest absolute Gasteiger partial charge is 0.295 e. The minimum absolute atomic E-state index is 0.0920. The molecule has 2 aromatic carbocycles. The van der Waals surface area contributed by atoms with E-state index in [1.165, 1.54) is 25.1 Å². The first-order valence-corrected chi connectivity index (χ1v) is 7.82. The Balaban J connectivity index is 2.28. The molecule has 0 amide bonds. The van der Waals surface area contributed by atoms with Crippen molar-refractivity contribution in [1.82, 2.24) is 0 Å². The molecule has 0 saturated heterocycles. The number of hydrogen-bond acceptors (Lipinski definition) is 3. The molecule has 1 N–H and O–H groups in total. The molecule has 4 nitrogen and oxygen atoms in total. The van der Waals surface area contributed by atoms with Gasteiger partial charge in [0.15, 0.2) is 5.78 Å². The van der Waals surface area contributed by atoms with Gasteiger partial charge in [-0.05, 0) is 42.8 Å². The molecule has 0 bridgehead atoms. The normalized spacial score (nSPS) is 11.5. The second-order valence-electron chi connectivity index (χ2n) is 4.49. The summed E-state index contributed by atoms with van der Waals surface area (Å²) in [7, 11) is -3.64. The molecule has 2 rings (SSSR count). The quantitative estimate of drug-likeness (QED) is 0.863. The fourth-order valence-electron chi connectivity index (χ4n) is 1.72. The fraction of sp³-hybridized carbons (Fsp3) is 0.0625. The van der Waals surface area contributed by atoms with E-state index in [4.69, 9.17) is 0 Å². The lowest BCUT2D eigenvalue weighted by molar-refractivity contribution is -0.112. The zero-order valence-corrected chi connectivity index (χ0v) is 12.3. The molecule has 0 fully saturated rings. The number of sulfonamides is 1. The summed E-state index contributed by atoms with van der Waals surface area (Å²) in [5.74, 6) is -0.0920. The van der Waals surface area contributed by atoms with Crippen molar-refractivity contribution < 1.29 is 13.2 Å². The van der Waals surface area contributed by atoms with Crippen molar-refractivity contribution in [3.63, 3.8) is 0 Å². The van der Waals surface area contributed by atoms with E-state index in [-0.39, 0.29) is 10.7 Å². The number of ketones is 1. The van der Waals surface area contributed by atoms with Gasteiger partial charge in [-0.25, -0.2) is 8.42 Å². The molecule has 0 aliphatic rings. The fourth-order valence-corrected chi connectivity index (χ4v) is 2.83. The van der Waals surface area contributed by atoms with Crippen LogP contribution >= 0.6 is 0 Å². The van der Waals surface area contributed by atoms with E-state index < -0.39 is 10.0 Å². The van der Waals surface area contributed by atoms with E-state index in [0.29, 0.717) is 11.3 Å². The minimum atomic E-state index is -3.64. The van der Waals surface area contributed by atoms with Crippen LogP contribution in [-0.2, 0) is 14.8 Å². The maximum atomic E-state index is 12.3. The number of hydrogen-bond donors (Lipinski definition) is 1. The number of allylic oxidation sites excluding steroid dienone is 1. The molecule has 5 heteroatoms. The number of para-hydroxylation sites is 1. The maximum Gasteiger partial charge on any atom is 0.261 e. The first-order chi connectivity index (χ1) is 9.97. The van der Waals surface area contributed by atoms with Crippen LogP contribution in [0.3, 0.4) is 0 Å². The lowest BCUT2D eigenvalue weighted by atomic mass is 10.2. The van der Waals surface area contributed by atoms with Crippen molar-refractivity contribution in [2.75, 3.05) is 4.72 Å². The topological polar surface area (TPSA) is 63.2 Å². The lowest BCUT2D eigenvalue weighted by Gasteiger charge is -2.08. The molecule has 0 atom stereocenters. The molecule has 0 aliphatic heterocycles. The Morgan fingerprint density at radius 2 is 1.76 bits per heavy atom. The predicted molar refractivity (Wildman–Crippen MR) is 83.4 cm³/mol. The Morgan fingerprint density at radius 3 is 2.43 bits per heavy atom. The standard InChI is InChI=1S/C16H15NO3S/c1-13(18)10-11-14-6-5-9-16(12-14)21(19,20)17-15-7-3-2-4-8-15/h2-12,17H,1H3/b11-10+. The van der Waals surface area contributed by atoms with Crippen LogP contribution < -0.4 is 4.72 Å². The zero-order valence-electron chi connectivity index (χ0n) is 11.5. The van der Waals surface area contributed by atoms with Crippen molar-refractivity contribution in [2.45, 2.75) is 11.8 Å². The third-order valence-electron chi connectivity index (χ3n) is 2.70. The van der Waals surface area contributed by atoms with Crippen molar-refractivity contribution in [1.29, 1.82) is 0 Å². The highest BCUT2D eigenvalue weighted by molar-refractivity contribution is 7.92. The Hall–Kier alpha value is -2.40. The van der Waals surface area contributed by atoms with Crippen LogP contribution in [0.1, 0.15) is 12.5 Å². The van der Waals surface area contributed by atoms with Gasteiger partial charge < -0.3 is 0 Å². The number of nitrogens with one attached hydrogen (secondary N) is 1. The molecule has 0 spiro atoms. The average Bonchev–Trinajstić information content (AvgIpc) is 2.46. The van der Waals surface area contributed by atoms with Crippen molar-refractivity contribution in [3.05, 3.63) is 66.2 Å². The van der Waals surface area contributed by atoms with Crippen LogP contribution in [0.4, 0.5) is 5.69 Å². The molecular formula is C16H15NO3S. The van der Waals surface area contributed by atoms with Gasteiger partial charge in [-0.3, -0.25) is 9.52 Å². The van der Waals surface area contributed by atoms with Gasteiger partial charge in [-0.15, -0.1) is 0 Å². The zero-order chi connectivity index (χ0) is 15.3. The highest BCUT2D eigenvalue weighted by Crippen LogP contribution is 2.17. The number of carbonyl (C=O) groups is 1. The monoisotopic (exact) mass is 301 g/mol. The minimum Gasteiger partial charge on any atom is -0.295 e. The van der Waals surface area contributed by atoms with E-state index in [1.54, 1.807) is 42.5 Å². The summed E-state index contributed by atoms with van der Waals surface area (Å²) in [6, 6.07) is 15.1. The molecule has 0 heterocycles. The highest BCUT2D eigenvalue weighted by atomic mass is 32.2. The number of benzene rings is 2. The van der Waals surface area contributed by atoms with Crippen LogP contribution in [0, 0.1) is 0 Å². The Bertz CT molecular complexity index is 765. The third-order valence-corrected chi connectivity index (χ3v) is 4.08. The van der Waals surface area contributed by atoms with Gasteiger partial charge >= 0.3 is 0 Å². The molecule has 21 heavy (non-hydrogen) atoms. The summed E-state index contributed by atoms with van der Waals surface area (Å²) < 4.78 is 27.1. The molecule has 0 aromatic heterocycles. The summed E-state index contributed by atoms with van der Waals surface area (Å²) in [6.45, 7) is 1.44. The first-order valence-electron chi connectivity index (χ1n) is 6.34. The van der Waals surface area contributed by atoms with Crippen LogP contribution in [-0.4, -0.2) is 14.2 Å². The van der Waals surface area contributed by atoms with Gasteiger partial charge in [-0.1, -0.05) is 36.4 Å². The van der Waals surface area contributed by atoms with Crippen LogP contribution in [0.25, 0.3) is 6.08 Å². The smallest absolute Gasteiger partial charge is 0.261 e. The van der Waals surface area contributed by atoms with Gasteiger partial charge in [0.2, 0.25) is 0 Å². The van der Waals surface area contributed by atoms with E-state index in [1.807, 2.05) is 6.07 Å². The summed E-state index contributed by atoms with van der Waals surface area (Å²) in [5, 5.41) is 0. The van der Waals surface area contributed by atoms with Gasteiger partial charge in [0.25, 0.3) is 10.0 Å². The van der Waals surface area contributed by atoms with Crippen LogP contribution in [0.15, 0.2) is 65.6 Å². The molecule has 0 saturated carbocycles. The van der Waals surface area contributed by atoms with Crippen LogP contribution in [0.5, 0.6) is 0 Å². The number of anilines is 1. The molecule has 0 unspecified atom stereocenters. The van der Waals surface area contributed by atoms with Gasteiger partial charge in [0, 0.05) is 5.69 Å². The van der Waals surface area contributed by atoms with Crippen molar-refractivity contribution in [3.8, 4) is 0 Å². The molecular weight excluding hydrogens is 286 g/mol. The summed E-state index contributed by atoms with van der Waals surface area (Å²) in [6.07, 6.45) is 2.99. The highest BCUT2D eigenvalue weighted by Gasteiger charge is 2.13.